The Labute approximate surface area is 98.2 Å². The summed E-state index contributed by atoms with van der Waals surface area (Å²) < 4.78 is 7.03. The monoisotopic (exact) mass is 238 g/mol. The maximum Gasteiger partial charge on any atom is 0.210 e. The number of aromatic nitrogens is 4. The maximum absolute atomic E-state index is 5.27. The van der Waals surface area contributed by atoms with Gasteiger partial charge in [-0.25, -0.2) is 4.68 Å². The molecule has 5 nitrogen and oxygen atoms in total. The summed E-state index contributed by atoms with van der Waals surface area (Å²) in [5.41, 5.74) is 0. The predicted molar refractivity (Wildman–Crippen MR) is 61.2 cm³/mol. The molecule has 0 spiro atoms. The molecule has 0 amide bonds. The zero-order valence-corrected chi connectivity index (χ0v) is 10.1. The van der Waals surface area contributed by atoms with Gasteiger partial charge in [-0.2, -0.15) is 0 Å². The average molecular weight is 238 g/mol. The summed E-state index contributed by atoms with van der Waals surface area (Å²) in [5, 5.41) is 13.0. The van der Waals surface area contributed by atoms with Gasteiger partial charge in [-0.15, -0.1) is 5.10 Å². The highest BCUT2D eigenvalue weighted by Gasteiger charge is 2.11. The second-order valence-electron chi connectivity index (χ2n) is 3.54. The fourth-order valence-electron chi connectivity index (χ4n) is 1.19. The van der Waals surface area contributed by atoms with Crippen LogP contribution < -0.4 is 0 Å². The van der Waals surface area contributed by atoms with Crippen LogP contribution in [0.4, 0.5) is 0 Å². The molecule has 0 aliphatic heterocycles. The highest BCUT2D eigenvalue weighted by atomic mass is 32.2. The fourth-order valence-corrected chi connectivity index (χ4v) is 2.03. The van der Waals surface area contributed by atoms with Gasteiger partial charge in [0.05, 0.1) is 6.26 Å². The van der Waals surface area contributed by atoms with Crippen molar-refractivity contribution < 1.29 is 4.42 Å². The third kappa shape index (κ3) is 2.63. The summed E-state index contributed by atoms with van der Waals surface area (Å²) in [7, 11) is 0. The Kier molecular flexibility index (Phi) is 3.61. The zero-order chi connectivity index (χ0) is 11.4. The summed E-state index contributed by atoms with van der Waals surface area (Å²) in [5.74, 6) is 0.860. The number of tetrazole rings is 1. The Morgan fingerprint density at radius 1 is 1.56 bits per heavy atom. The predicted octanol–water partition coefficient (Wildman–Crippen LogP) is 2.21. The van der Waals surface area contributed by atoms with Gasteiger partial charge < -0.3 is 4.42 Å². The van der Waals surface area contributed by atoms with Crippen LogP contribution in [0.15, 0.2) is 28.0 Å². The standard InChI is InChI=1S/C10H14N4OS/c1-3-8(2)16-10-11-12-13-14(10)7-9-5-4-6-15-9/h4-6,8H,3,7H2,1-2H3. The lowest BCUT2D eigenvalue weighted by atomic mass is 10.4. The van der Waals surface area contributed by atoms with Crippen molar-refractivity contribution in [3.8, 4) is 0 Å². The van der Waals surface area contributed by atoms with Crippen LogP contribution in [0.1, 0.15) is 26.0 Å². The minimum absolute atomic E-state index is 0.515. The van der Waals surface area contributed by atoms with Crippen molar-refractivity contribution in [2.45, 2.75) is 37.2 Å². The van der Waals surface area contributed by atoms with Crippen molar-refractivity contribution in [3.63, 3.8) is 0 Å². The molecule has 2 rings (SSSR count). The van der Waals surface area contributed by atoms with E-state index in [2.05, 4.69) is 29.4 Å². The lowest BCUT2D eigenvalue weighted by molar-refractivity contribution is 0.462. The topological polar surface area (TPSA) is 56.7 Å². The third-order valence-corrected chi connectivity index (χ3v) is 3.51. The van der Waals surface area contributed by atoms with Crippen molar-refractivity contribution >= 4 is 11.8 Å². The first-order chi connectivity index (χ1) is 7.79. The van der Waals surface area contributed by atoms with Gasteiger partial charge in [0.1, 0.15) is 12.3 Å². The summed E-state index contributed by atoms with van der Waals surface area (Å²) in [6.07, 6.45) is 2.75. The Morgan fingerprint density at radius 3 is 3.12 bits per heavy atom. The van der Waals surface area contributed by atoms with Crippen LogP contribution in [-0.2, 0) is 6.54 Å². The number of hydrogen-bond acceptors (Lipinski definition) is 5. The number of furan rings is 1. The molecule has 0 aromatic carbocycles. The van der Waals surface area contributed by atoms with Gasteiger partial charge in [0.15, 0.2) is 0 Å². The quantitative estimate of drug-likeness (QED) is 0.747. The number of hydrogen-bond donors (Lipinski definition) is 0. The van der Waals surface area contributed by atoms with Crippen molar-refractivity contribution in [3.05, 3.63) is 24.2 Å². The van der Waals surface area contributed by atoms with E-state index in [-0.39, 0.29) is 0 Å². The van der Waals surface area contributed by atoms with E-state index in [1.54, 1.807) is 22.7 Å². The van der Waals surface area contributed by atoms with Crippen LogP contribution >= 0.6 is 11.8 Å². The zero-order valence-electron chi connectivity index (χ0n) is 9.33. The third-order valence-electron chi connectivity index (χ3n) is 2.27. The molecule has 2 heterocycles. The number of thioether (sulfide) groups is 1. The van der Waals surface area contributed by atoms with E-state index in [4.69, 9.17) is 4.42 Å². The van der Waals surface area contributed by atoms with Crippen molar-refractivity contribution in [1.29, 1.82) is 0 Å². The largest absolute Gasteiger partial charge is 0.467 e. The van der Waals surface area contributed by atoms with Crippen molar-refractivity contribution in [2.24, 2.45) is 0 Å². The molecule has 0 radical (unpaired) electrons. The van der Waals surface area contributed by atoms with E-state index >= 15 is 0 Å². The lowest BCUT2D eigenvalue weighted by Gasteiger charge is -2.06. The Bertz CT molecular complexity index is 426. The van der Waals surface area contributed by atoms with E-state index < -0.39 is 0 Å². The van der Waals surface area contributed by atoms with E-state index in [1.165, 1.54) is 0 Å². The first kappa shape index (κ1) is 11.2. The molecule has 1 atom stereocenters. The smallest absolute Gasteiger partial charge is 0.210 e. The van der Waals surface area contributed by atoms with E-state index in [1.807, 2.05) is 12.1 Å². The van der Waals surface area contributed by atoms with Crippen LogP contribution in [0.5, 0.6) is 0 Å². The Morgan fingerprint density at radius 2 is 2.44 bits per heavy atom. The molecule has 1 unspecified atom stereocenters. The molecule has 6 heteroatoms. The second kappa shape index (κ2) is 5.16. The van der Waals surface area contributed by atoms with Gasteiger partial charge in [-0.3, -0.25) is 0 Å². The van der Waals surface area contributed by atoms with E-state index in [0.717, 1.165) is 17.3 Å². The van der Waals surface area contributed by atoms with Crippen LogP contribution in [0, 0.1) is 0 Å². The number of rotatable bonds is 5. The molecular formula is C10H14N4OS. The van der Waals surface area contributed by atoms with Crippen LogP contribution in [0.25, 0.3) is 0 Å². The van der Waals surface area contributed by atoms with Gasteiger partial charge >= 0.3 is 0 Å². The Balaban J connectivity index is 2.07. The van der Waals surface area contributed by atoms with Gasteiger partial charge in [0, 0.05) is 5.25 Å². The van der Waals surface area contributed by atoms with Gasteiger partial charge in [-0.1, -0.05) is 25.6 Å². The molecule has 0 aliphatic rings. The normalized spacial score (nSPS) is 12.9. The first-order valence-electron chi connectivity index (χ1n) is 5.24. The molecule has 0 N–H and O–H groups in total. The molecule has 0 fully saturated rings. The lowest BCUT2D eigenvalue weighted by Crippen LogP contribution is -2.05. The molecule has 0 aliphatic carbocycles. The highest BCUT2D eigenvalue weighted by Crippen LogP contribution is 2.22. The summed E-state index contributed by atoms with van der Waals surface area (Å²) in [6, 6.07) is 3.78. The highest BCUT2D eigenvalue weighted by molar-refractivity contribution is 7.99. The SMILES string of the molecule is CCC(C)Sc1nnnn1Cc1ccco1. The average Bonchev–Trinajstić information content (AvgIpc) is 2.92. The van der Waals surface area contributed by atoms with Crippen LogP contribution in [0.2, 0.25) is 0 Å². The van der Waals surface area contributed by atoms with E-state index in [9.17, 15) is 0 Å². The van der Waals surface area contributed by atoms with Gasteiger partial charge in [0.25, 0.3) is 0 Å². The van der Waals surface area contributed by atoms with Crippen LogP contribution in [0.3, 0.4) is 0 Å². The van der Waals surface area contributed by atoms with Gasteiger partial charge in [-0.05, 0) is 29.0 Å². The molecule has 16 heavy (non-hydrogen) atoms. The molecule has 0 saturated heterocycles. The van der Waals surface area contributed by atoms with Crippen LogP contribution in [-0.4, -0.2) is 25.5 Å². The molecule has 2 aromatic heterocycles. The molecule has 0 bridgehead atoms. The minimum Gasteiger partial charge on any atom is -0.467 e. The summed E-state index contributed by atoms with van der Waals surface area (Å²) >= 11 is 1.68. The first-order valence-corrected chi connectivity index (χ1v) is 6.12. The second-order valence-corrected chi connectivity index (χ2v) is 4.94. The molecular weight excluding hydrogens is 224 g/mol. The minimum atomic E-state index is 0.515. The van der Waals surface area contributed by atoms with Crippen molar-refractivity contribution in [2.75, 3.05) is 0 Å². The molecule has 2 aromatic rings. The Hall–Kier alpha value is -1.30. The van der Waals surface area contributed by atoms with Crippen molar-refractivity contribution in [1.82, 2.24) is 20.2 Å². The van der Waals surface area contributed by atoms with E-state index in [0.29, 0.717) is 11.8 Å². The molecule has 86 valence electrons. The molecule has 0 saturated carbocycles. The summed E-state index contributed by atoms with van der Waals surface area (Å²) in [6.45, 7) is 4.90. The maximum atomic E-state index is 5.27. The van der Waals surface area contributed by atoms with Gasteiger partial charge in [0.2, 0.25) is 5.16 Å². The fraction of sp³-hybridized carbons (Fsp3) is 0.500. The number of nitrogens with zero attached hydrogens (tertiary/aromatic N) is 4. The summed E-state index contributed by atoms with van der Waals surface area (Å²) in [4.78, 5) is 0.